The van der Waals surface area contributed by atoms with Gasteiger partial charge in [0.05, 0.1) is 7.11 Å². The summed E-state index contributed by atoms with van der Waals surface area (Å²) in [5, 5.41) is 3.76. The van der Waals surface area contributed by atoms with Gasteiger partial charge in [0.15, 0.2) is 0 Å². The van der Waals surface area contributed by atoms with Crippen molar-refractivity contribution in [2.45, 2.75) is 148 Å². The lowest BCUT2D eigenvalue weighted by atomic mass is 9.47. The largest absolute Gasteiger partial charge is 0.497 e. The number of hydrogen-bond acceptors (Lipinski definition) is 3. The molecule has 0 radical (unpaired) electrons. The molecule has 0 amide bonds. The monoisotopic (exact) mass is 606 g/mol. The van der Waals surface area contributed by atoms with Gasteiger partial charge in [0.25, 0.3) is 0 Å². The Hall–Kier alpha value is -0.830. The highest BCUT2D eigenvalue weighted by atomic mass is 32.2. The van der Waals surface area contributed by atoms with Crippen molar-refractivity contribution in [2.75, 3.05) is 25.2 Å². The quantitative estimate of drug-likeness (QED) is 0.215. The Kier molecular flexibility index (Phi) is 15.6. The van der Waals surface area contributed by atoms with Crippen molar-refractivity contribution in [3.05, 3.63) is 24.3 Å². The summed E-state index contributed by atoms with van der Waals surface area (Å²) in [4.78, 5) is 0. The first-order valence-electron chi connectivity index (χ1n) is 16.9. The molecule has 0 fully saturated rings. The van der Waals surface area contributed by atoms with Gasteiger partial charge in [-0.05, 0) is 95.1 Å². The van der Waals surface area contributed by atoms with E-state index in [2.05, 4.69) is 139 Å². The summed E-state index contributed by atoms with van der Waals surface area (Å²) < 4.78 is 5.45. The Balaban J connectivity index is 0.00000821. The Labute approximate surface area is 269 Å². The van der Waals surface area contributed by atoms with Gasteiger partial charge in [0, 0.05) is 17.0 Å². The maximum absolute atomic E-state index is 5.36. The van der Waals surface area contributed by atoms with E-state index in [-0.39, 0.29) is 26.4 Å². The molecule has 2 nitrogen and oxygen atoms in total. The molecule has 0 heterocycles. The molecule has 42 heavy (non-hydrogen) atoms. The third-order valence-corrected chi connectivity index (χ3v) is 12.8. The molecule has 0 spiro atoms. The Morgan fingerprint density at radius 3 is 1.67 bits per heavy atom. The number of hydrogen-bond donors (Lipinski definition) is 1. The molecular weight excluding hydrogens is 531 g/mol. The zero-order valence-corrected chi connectivity index (χ0v) is 32.7. The third-order valence-electron chi connectivity index (χ3n) is 11.1. The van der Waals surface area contributed by atoms with Gasteiger partial charge in [0.1, 0.15) is 5.75 Å². The first kappa shape index (κ1) is 41.2. The van der Waals surface area contributed by atoms with Crippen LogP contribution in [0.25, 0.3) is 0 Å². The molecule has 0 aromatic heterocycles. The number of methoxy groups -OCH3 is 1. The molecule has 0 aliphatic rings. The predicted octanol–water partition coefficient (Wildman–Crippen LogP) is 12.9. The Bertz CT molecular complexity index is 886. The fraction of sp³-hybridized carbons (Fsp3) is 0.846. The molecule has 1 aromatic rings. The highest BCUT2D eigenvalue weighted by Crippen LogP contribution is 2.63. The molecule has 0 saturated heterocycles. The number of rotatable bonds is 15. The molecular formula is C39H75NOS. The van der Waals surface area contributed by atoms with Crippen LogP contribution in [0.1, 0.15) is 143 Å². The molecule has 0 aliphatic heterocycles. The molecule has 248 valence electrons. The lowest BCUT2D eigenvalue weighted by Crippen LogP contribution is -2.59. The van der Waals surface area contributed by atoms with Gasteiger partial charge in [-0.15, -0.1) is 0 Å². The minimum absolute atomic E-state index is 0.0890. The second-order valence-corrected chi connectivity index (χ2v) is 18.2. The van der Waals surface area contributed by atoms with Crippen LogP contribution in [0.15, 0.2) is 24.3 Å². The van der Waals surface area contributed by atoms with E-state index >= 15 is 0 Å². The number of anilines is 1. The van der Waals surface area contributed by atoms with Crippen LogP contribution in [-0.4, -0.2) is 24.7 Å². The van der Waals surface area contributed by atoms with Crippen molar-refractivity contribution in [3.8, 4) is 5.75 Å². The first-order chi connectivity index (χ1) is 19.0. The zero-order valence-electron chi connectivity index (χ0n) is 31.9. The molecule has 1 N–H and O–H groups in total. The van der Waals surface area contributed by atoms with Crippen LogP contribution in [0.5, 0.6) is 5.75 Å². The maximum Gasteiger partial charge on any atom is 0.119 e. The van der Waals surface area contributed by atoms with Crippen LogP contribution < -0.4 is 10.1 Å². The van der Waals surface area contributed by atoms with Crippen LogP contribution in [0.4, 0.5) is 5.69 Å². The molecule has 1 aromatic carbocycles. The van der Waals surface area contributed by atoms with Crippen molar-refractivity contribution in [3.63, 3.8) is 0 Å². The van der Waals surface area contributed by atoms with E-state index in [1.165, 1.54) is 25.7 Å². The smallest absolute Gasteiger partial charge is 0.119 e. The van der Waals surface area contributed by atoms with Crippen molar-refractivity contribution in [1.82, 2.24) is 0 Å². The Morgan fingerprint density at radius 2 is 1.29 bits per heavy atom. The number of nitrogens with one attached hydrogen (secondary N) is 1. The van der Waals surface area contributed by atoms with Gasteiger partial charge in [0.2, 0.25) is 0 Å². The third kappa shape index (κ3) is 10.1. The predicted molar refractivity (Wildman–Crippen MR) is 195 cm³/mol. The Morgan fingerprint density at radius 1 is 0.786 bits per heavy atom. The average Bonchev–Trinajstić information content (AvgIpc) is 2.87. The average molecular weight is 606 g/mol. The van der Waals surface area contributed by atoms with Crippen molar-refractivity contribution < 1.29 is 4.74 Å². The van der Waals surface area contributed by atoms with Gasteiger partial charge in [-0.25, -0.2) is 0 Å². The summed E-state index contributed by atoms with van der Waals surface area (Å²) in [5.41, 5.74) is 2.31. The molecule has 0 aliphatic carbocycles. The van der Waals surface area contributed by atoms with E-state index in [0.717, 1.165) is 18.0 Å². The van der Waals surface area contributed by atoms with Gasteiger partial charge in [-0.1, -0.05) is 124 Å². The van der Waals surface area contributed by atoms with Gasteiger partial charge in [-0.3, -0.25) is 0 Å². The second-order valence-electron chi connectivity index (χ2n) is 16.9. The van der Waals surface area contributed by atoms with E-state index in [0.29, 0.717) is 23.2 Å². The fourth-order valence-corrected chi connectivity index (χ4v) is 9.75. The summed E-state index contributed by atoms with van der Waals surface area (Å²) in [6.45, 7) is 42.5. The van der Waals surface area contributed by atoms with Gasteiger partial charge in [-0.2, -0.15) is 11.8 Å². The lowest BCUT2D eigenvalue weighted by Gasteiger charge is -2.62. The van der Waals surface area contributed by atoms with Gasteiger partial charge < -0.3 is 10.1 Å². The fourth-order valence-electron chi connectivity index (χ4n) is 8.24. The number of thioether (sulfide) groups is 1. The maximum atomic E-state index is 5.36. The SMILES string of the molecule is CC.CCC(C(C)(C)C(C)(C)CCCC(C)(C)C)C(C)(C)C(C)(SC)C(C(C)CNc1ccc(OC)cc1)C(C)(C)C. The number of benzene rings is 1. The second kappa shape index (κ2) is 15.9. The molecule has 0 bridgehead atoms. The minimum atomic E-state index is 0.0890. The van der Waals surface area contributed by atoms with Crippen LogP contribution in [0.3, 0.4) is 0 Å². The summed E-state index contributed by atoms with van der Waals surface area (Å²) in [6.07, 6.45) is 7.45. The minimum Gasteiger partial charge on any atom is -0.497 e. The van der Waals surface area contributed by atoms with Crippen LogP contribution in [0.2, 0.25) is 0 Å². The summed E-state index contributed by atoms with van der Waals surface area (Å²) >= 11 is 2.12. The highest BCUT2D eigenvalue weighted by Gasteiger charge is 2.58. The van der Waals surface area contributed by atoms with Crippen LogP contribution >= 0.6 is 11.8 Å². The molecule has 4 unspecified atom stereocenters. The summed E-state index contributed by atoms with van der Waals surface area (Å²) in [5.74, 6) is 2.51. The highest BCUT2D eigenvalue weighted by molar-refractivity contribution is 8.00. The van der Waals surface area contributed by atoms with E-state index in [9.17, 15) is 0 Å². The van der Waals surface area contributed by atoms with Gasteiger partial charge >= 0.3 is 0 Å². The van der Waals surface area contributed by atoms with Crippen LogP contribution in [-0.2, 0) is 0 Å². The van der Waals surface area contributed by atoms with E-state index in [1.54, 1.807) is 7.11 Å². The normalized spacial score (nSPS) is 16.9. The van der Waals surface area contributed by atoms with Crippen molar-refractivity contribution in [1.29, 1.82) is 0 Å². The van der Waals surface area contributed by atoms with Crippen LogP contribution in [0, 0.1) is 44.8 Å². The lowest BCUT2D eigenvalue weighted by molar-refractivity contribution is -0.0712. The van der Waals surface area contributed by atoms with E-state index in [4.69, 9.17) is 4.74 Å². The summed E-state index contributed by atoms with van der Waals surface area (Å²) in [7, 11) is 1.72. The standard InChI is InChI=1S/C37H69NOS.C2H6/c1-18-30(35(11,12)34(9,10)25-19-24-32(3,4)5)36(13,14)37(15,40-17)31(33(6,7)8)27(2)26-38-28-20-22-29(39-16)23-21-28;1-2/h20-23,27,30-31,38H,18-19,24-26H2,1-17H3;1-2H3. The van der Waals surface area contributed by atoms with E-state index in [1.807, 2.05) is 26.0 Å². The van der Waals surface area contributed by atoms with E-state index < -0.39 is 0 Å². The molecule has 3 heteroatoms. The summed E-state index contributed by atoms with van der Waals surface area (Å²) in [6, 6.07) is 8.35. The molecule has 1 rings (SSSR count). The van der Waals surface area contributed by atoms with Crippen molar-refractivity contribution in [2.24, 2.45) is 44.8 Å². The number of ether oxygens (including phenoxy) is 1. The topological polar surface area (TPSA) is 21.3 Å². The molecule has 4 atom stereocenters. The zero-order chi connectivity index (χ0) is 33.4. The first-order valence-corrected chi connectivity index (χ1v) is 18.2. The molecule has 0 saturated carbocycles. The van der Waals surface area contributed by atoms with Crippen molar-refractivity contribution >= 4 is 17.4 Å².